The maximum Gasteiger partial charge on any atom is 0.264 e. The summed E-state index contributed by atoms with van der Waals surface area (Å²) < 4.78 is 6.03. The Bertz CT molecular complexity index is 858. The summed E-state index contributed by atoms with van der Waals surface area (Å²) in [5, 5.41) is 9.65. The van der Waals surface area contributed by atoms with Gasteiger partial charge in [0.15, 0.2) is 11.9 Å². The number of likely N-dealkylation sites (tertiary alicyclic amines) is 1. The molecule has 0 N–H and O–H groups in total. The van der Waals surface area contributed by atoms with Gasteiger partial charge in [-0.05, 0) is 24.6 Å². The molecule has 2 atom stereocenters. The quantitative estimate of drug-likeness (QED) is 0.793. The van der Waals surface area contributed by atoms with Gasteiger partial charge in [-0.3, -0.25) is 4.79 Å². The Balaban J connectivity index is 1.90. The van der Waals surface area contributed by atoms with Gasteiger partial charge in [-0.15, -0.1) is 0 Å². The first-order chi connectivity index (χ1) is 12.3. The summed E-state index contributed by atoms with van der Waals surface area (Å²) in [7, 11) is 0. The largest absolute Gasteiger partial charge is 0.477 e. The van der Waals surface area contributed by atoms with Crippen LogP contribution in [0.3, 0.4) is 0 Å². The third-order valence-corrected chi connectivity index (χ3v) is 5.17. The zero-order valence-electron chi connectivity index (χ0n) is 15.1. The van der Waals surface area contributed by atoms with E-state index in [2.05, 4.69) is 6.07 Å². The fraction of sp³-hybridized carbons (Fsp3) is 0.333. The Morgan fingerprint density at radius 3 is 2.58 bits per heavy atom. The lowest BCUT2D eigenvalue weighted by molar-refractivity contribution is -0.136. The van der Waals surface area contributed by atoms with Crippen molar-refractivity contribution in [1.82, 2.24) is 4.90 Å². The second-order valence-electron chi connectivity index (χ2n) is 7.27. The molecular weight excluding hydrogens is 348 g/mol. The number of hydrogen-bond donors (Lipinski definition) is 0. The zero-order chi connectivity index (χ0) is 18.9. The Kier molecular flexibility index (Phi) is 4.93. The molecule has 4 nitrogen and oxygen atoms in total. The fourth-order valence-corrected chi connectivity index (χ4v) is 3.59. The van der Waals surface area contributed by atoms with Crippen LogP contribution in [0.25, 0.3) is 0 Å². The van der Waals surface area contributed by atoms with E-state index in [1.165, 1.54) is 0 Å². The van der Waals surface area contributed by atoms with Crippen molar-refractivity contribution in [2.75, 3.05) is 6.54 Å². The monoisotopic (exact) mass is 368 g/mol. The number of amides is 1. The lowest BCUT2D eigenvalue weighted by Gasteiger charge is -2.26. The van der Waals surface area contributed by atoms with Crippen LogP contribution in [0, 0.1) is 16.7 Å². The molecule has 1 heterocycles. The van der Waals surface area contributed by atoms with E-state index in [1.807, 2.05) is 56.0 Å². The lowest BCUT2D eigenvalue weighted by Crippen LogP contribution is -2.37. The van der Waals surface area contributed by atoms with Gasteiger partial charge >= 0.3 is 0 Å². The summed E-state index contributed by atoms with van der Waals surface area (Å²) in [6.45, 7) is 6.58. The Hall–Kier alpha value is -2.51. The summed E-state index contributed by atoms with van der Waals surface area (Å²) in [4.78, 5) is 15.0. The molecule has 1 aliphatic heterocycles. The van der Waals surface area contributed by atoms with Crippen molar-refractivity contribution in [3.8, 4) is 11.8 Å². The highest BCUT2D eigenvalue weighted by Gasteiger charge is 2.50. The highest BCUT2D eigenvalue weighted by molar-refractivity contribution is 6.32. The molecule has 3 rings (SSSR count). The normalized spacial score (nSPS) is 19.9. The Labute approximate surface area is 158 Å². The summed E-state index contributed by atoms with van der Waals surface area (Å²) in [5.74, 6) is 0.187. The molecule has 0 radical (unpaired) electrons. The van der Waals surface area contributed by atoms with Crippen LogP contribution in [-0.4, -0.2) is 23.5 Å². The minimum absolute atomic E-state index is 0.0572. The van der Waals surface area contributed by atoms with Crippen molar-refractivity contribution in [3.05, 3.63) is 64.7 Å². The van der Waals surface area contributed by atoms with E-state index in [9.17, 15) is 10.1 Å². The number of hydrogen-bond acceptors (Lipinski definition) is 3. The first-order valence-corrected chi connectivity index (χ1v) is 8.93. The number of rotatable bonds is 4. The van der Waals surface area contributed by atoms with Crippen LogP contribution < -0.4 is 4.74 Å². The van der Waals surface area contributed by atoms with E-state index in [0.717, 1.165) is 5.56 Å². The predicted molar refractivity (Wildman–Crippen MR) is 101 cm³/mol. The topological polar surface area (TPSA) is 53.3 Å². The molecule has 1 saturated heterocycles. The van der Waals surface area contributed by atoms with Gasteiger partial charge in [-0.2, -0.15) is 5.26 Å². The van der Waals surface area contributed by atoms with E-state index in [0.29, 0.717) is 17.1 Å². The van der Waals surface area contributed by atoms with Crippen LogP contribution >= 0.6 is 11.6 Å². The zero-order valence-corrected chi connectivity index (χ0v) is 15.8. The van der Waals surface area contributed by atoms with Crippen molar-refractivity contribution < 1.29 is 9.53 Å². The van der Waals surface area contributed by atoms with Gasteiger partial charge in [0.05, 0.1) is 16.6 Å². The molecule has 1 amide bonds. The molecule has 5 heteroatoms. The van der Waals surface area contributed by atoms with Crippen LogP contribution in [0.4, 0.5) is 0 Å². The van der Waals surface area contributed by atoms with Crippen molar-refractivity contribution in [2.24, 2.45) is 5.41 Å². The Morgan fingerprint density at radius 2 is 1.92 bits per heavy atom. The van der Waals surface area contributed by atoms with Gasteiger partial charge in [0.25, 0.3) is 5.91 Å². The fourth-order valence-electron chi connectivity index (χ4n) is 3.37. The average Bonchev–Trinajstić information content (AvgIpc) is 2.86. The summed E-state index contributed by atoms with van der Waals surface area (Å²) in [6.07, 6.45) is -0.694. The van der Waals surface area contributed by atoms with Crippen LogP contribution in [0.1, 0.15) is 37.9 Å². The second-order valence-corrected chi connectivity index (χ2v) is 7.67. The minimum Gasteiger partial charge on any atom is -0.477 e. The molecule has 2 unspecified atom stereocenters. The highest BCUT2D eigenvalue weighted by Crippen LogP contribution is 2.40. The Morgan fingerprint density at radius 1 is 1.23 bits per heavy atom. The third kappa shape index (κ3) is 3.27. The number of nitrogens with zero attached hydrogens (tertiary/aromatic N) is 2. The average molecular weight is 369 g/mol. The van der Waals surface area contributed by atoms with Crippen LogP contribution in [0.2, 0.25) is 5.02 Å². The smallest absolute Gasteiger partial charge is 0.264 e. The van der Waals surface area contributed by atoms with Gasteiger partial charge in [0.1, 0.15) is 6.07 Å². The maximum absolute atomic E-state index is 13.1. The summed E-state index contributed by atoms with van der Waals surface area (Å²) in [6, 6.07) is 16.9. The maximum atomic E-state index is 13.1. The number of carbonyl (C=O) groups excluding carboxylic acids is 1. The van der Waals surface area contributed by atoms with Gasteiger partial charge in [0, 0.05) is 12.0 Å². The van der Waals surface area contributed by atoms with E-state index in [-0.39, 0.29) is 17.7 Å². The van der Waals surface area contributed by atoms with Crippen molar-refractivity contribution in [3.63, 3.8) is 0 Å². The molecule has 2 aromatic carbocycles. The molecule has 2 aromatic rings. The molecule has 0 aromatic heterocycles. The lowest BCUT2D eigenvalue weighted by atomic mass is 9.89. The first-order valence-electron chi connectivity index (χ1n) is 8.56. The first kappa shape index (κ1) is 18.3. The van der Waals surface area contributed by atoms with Crippen LogP contribution in [0.5, 0.6) is 5.75 Å². The number of para-hydroxylation sites is 1. The molecule has 0 saturated carbocycles. The number of benzene rings is 2. The van der Waals surface area contributed by atoms with Crippen LogP contribution in [0.15, 0.2) is 48.5 Å². The second kappa shape index (κ2) is 7.01. The molecule has 0 spiro atoms. The van der Waals surface area contributed by atoms with E-state index in [1.54, 1.807) is 18.2 Å². The molecule has 0 bridgehead atoms. The number of carbonyl (C=O) groups is 1. The van der Waals surface area contributed by atoms with E-state index in [4.69, 9.17) is 16.3 Å². The van der Waals surface area contributed by atoms with Gasteiger partial charge in [0.2, 0.25) is 0 Å². The molecule has 1 aliphatic rings. The number of ether oxygens (including phenoxy) is 1. The minimum atomic E-state index is -0.694. The SMILES string of the molecule is CC(c1ccccc1)N1CC(C)(C)C(Oc2c(Cl)cccc2C#N)C1=O. The predicted octanol–water partition coefficient (Wildman–Crippen LogP) is 4.59. The van der Waals surface area contributed by atoms with Crippen LogP contribution in [-0.2, 0) is 4.79 Å². The van der Waals surface area contributed by atoms with Gasteiger partial charge < -0.3 is 9.64 Å². The molecule has 0 aliphatic carbocycles. The van der Waals surface area contributed by atoms with E-state index >= 15 is 0 Å². The molecule has 1 fully saturated rings. The van der Waals surface area contributed by atoms with Crippen molar-refractivity contribution in [1.29, 1.82) is 5.26 Å². The molecule has 134 valence electrons. The number of nitriles is 1. The number of halogens is 1. The summed E-state index contributed by atoms with van der Waals surface area (Å²) >= 11 is 6.22. The van der Waals surface area contributed by atoms with Crippen molar-refractivity contribution in [2.45, 2.75) is 32.9 Å². The standard InChI is InChI=1S/C21H21ClN2O2/c1-14(15-8-5-4-6-9-15)24-13-21(2,3)19(20(24)25)26-18-16(12-23)10-7-11-17(18)22/h4-11,14,19H,13H2,1-3H3. The van der Waals surface area contributed by atoms with E-state index < -0.39 is 11.5 Å². The molecular formula is C21H21ClN2O2. The highest BCUT2D eigenvalue weighted by atomic mass is 35.5. The van der Waals surface area contributed by atoms with Crippen molar-refractivity contribution >= 4 is 17.5 Å². The summed E-state index contributed by atoms with van der Waals surface area (Å²) in [5.41, 5.74) is 0.995. The molecule has 26 heavy (non-hydrogen) atoms. The van der Waals surface area contributed by atoms with Gasteiger partial charge in [-0.25, -0.2) is 0 Å². The van der Waals surface area contributed by atoms with Gasteiger partial charge in [-0.1, -0.05) is 61.8 Å². The third-order valence-electron chi connectivity index (χ3n) is 4.87.